The Morgan fingerprint density at radius 3 is 3.21 bits per heavy atom. The van der Waals surface area contributed by atoms with Crippen molar-refractivity contribution in [3.63, 3.8) is 0 Å². The van der Waals surface area contributed by atoms with Crippen molar-refractivity contribution in [1.82, 2.24) is 4.90 Å². The van der Waals surface area contributed by atoms with E-state index in [0.29, 0.717) is 24.0 Å². The minimum absolute atomic E-state index is 0.131. The lowest BCUT2D eigenvalue weighted by Crippen LogP contribution is -2.48. The van der Waals surface area contributed by atoms with E-state index in [0.717, 1.165) is 13.2 Å². The summed E-state index contributed by atoms with van der Waals surface area (Å²) in [5.41, 5.74) is 6.45. The van der Waals surface area contributed by atoms with E-state index in [1.54, 1.807) is 12.1 Å². The number of fused-ring (bicyclic) bond motifs is 1. The SMILES string of the molecule is Nc1ccc(NCC2CN3CCCC3CO2)c(F)c1. The third-order valence-electron chi connectivity index (χ3n) is 3.97. The quantitative estimate of drug-likeness (QED) is 0.817. The summed E-state index contributed by atoms with van der Waals surface area (Å²) >= 11 is 0. The van der Waals surface area contributed by atoms with Gasteiger partial charge in [-0.15, -0.1) is 0 Å². The van der Waals surface area contributed by atoms with E-state index in [9.17, 15) is 4.39 Å². The molecule has 5 heteroatoms. The van der Waals surface area contributed by atoms with Gasteiger partial charge in [0.25, 0.3) is 0 Å². The summed E-state index contributed by atoms with van der Waals surface area (Å²) in [6.07, 6.45) is 2.64. The number of halogens is 1. The van der Waals surface area contributed by atoms with Gasteiger partial charge in [-0.1, -0.05) is 0 Å². The predicted molar refractivity (Wildman–Crippen MR) is 73.6 cm³/mol. The second-order valence-corrected chi connectivity index (χ2v) is 5.37. The van der Waals surface area contributed by atoms with Crippen LogP contribution in [0.1, 0.15) is 12.8 Å². The van der Waals surface area contributed by atoms with Crippen LogP contribution in [0, 0.1) is 5.82 Å². The lowest BCUT2D eigenvalue weighted by Gasteiger charge is -2.35. The highest BCUT2D eigenvalue weighted by Crippen LogP contribution is 2.23. The molecule has 2 heterocycles. The van der Waals surface area contributed by atoms with E-state index >= 15 is 0 Å². The summed E-state index contributed by atoms with van der Waals surface area (Å²) in [4.78, 5) is 2.48. The van der Waals surface area contributed by atoms with Gasteiger partial charge in [0.1, 0.15) is 5.82 Å². The third-order valence-corrected chi connectivity index (χ3v) is 3.97. The van der Waals surface area contributed by atoms with Gasteiger partial charge in [-0.25, -0.2) is 4.39 Å². The van der Waals surface area contributed by atoms with Crippen LogP contribution in [0.15, 0.2) is 18.2 Å². The van der Waals surface area contributed by atoms with Crippen LogP contribution in [0.3, 0.4) is 0 Å². The molecule has 19 heavy (non-hydrogen) atoms. The van der Waals surface area contributed by atoms with Crippen molar-refractivity contribution in [3.05, 3.63) is 24.0 Å². The lowest BCUT2D eigenvalue weighted by atomic mass is 10.2. The van der Waals surface area contributed by atoms with Gasteiger partial charge >= 0.3 is 0 Å². The first-order valence-electron chi connectivity index (χ1n) is 6.87. The summed E-state index contributed by atoms with van der Waals surface area (Å²) in [6.45, 7) is 3.54. The maximum atomic E-state index is 13.6. The molecule has 0 spiro atoms. The molecule has 1 aromatic carbocycles. The van der Waals surface area contributed by atoms with Crippen LogP contribution in [0.5, 0.6) is 0 Å². The summed E-state index contributed by atoms with van der Waals surface area (Å²) in [5, 5.41) is 3.11. The van der Waals surface area contributed by atoms with Crippen molar-refractivity contribution in [2.24, 2.45) is 0 Å². The molecule has 2 aliphatic rings. The van der Waals surface area contributed by atoms with Crippen LogP contribution in [-0.2, 0) is 4.74 Å². The van der Waals surface area contributed by atoms with E-state index in [1.807, 2.05) is 0 Å². The third kappa shape index (κ3) is 2.82. The first-order valence-corrected chi connectivity index (χ1v) is 6.87. The van der Waals surface area contributed by atoms with Gasteiger partial charge in [0.15, 0.2) is 0 Å². The van der Waals surface area contributed by atoms with Gasteiger partial charge < -0.3 is 15.8 Å². The number of ether oxygens (including phenoxy) is 1. The highest BCUT2D eigenvalue weighted by molar-refractivity contribution is 5.52. The van der Waals surface area contributed by atoms with Crippen molar-refractivity contribution in [2.45, 2.75) is 25.0 Å². The highest BCUT2D eigenvalue weighted by atomic mass is 19.1. The number of hydrogen-bond donors (Lipinski definition) is 2. The van der Waals surface area contributed by atoms with E-state index in [1.165, 1.54) is 25.5 Å². The average molecular weight is 265 g/mol. The zero-order chi connectivity index (χ0) is 13.2. The maximum absolute atomic E-state index is 13.6. The highest BCUT2D eigenvalue weighted by Gasteiger charge is 2.31. The molecular formula is C14H20FN3O. The molecule has 0 bridgehead atoms. The number of morpholine rings is 1. The molecule has 0 saturated carbocycles. The number of nitrogen functional groups attached to an aromatic ring is 1. The first kappa shape index (κ1) is 12.7. The molecule has 3 rings (SSSR count). The van der Waals surface area contributed by atoms with Gasteiger partial charge in [-0.2, -0.15) is 0 Å². The molecule has 2 atom stereocenters. The molecular weight excluding hydrogens is 245 g/mol. The minimum atomic E-state index is -0.310. The van der Waals surface area contributed by atoms with Crippen molar-refractivity contribution in [3.8, 4) is 0 Å². The monoisotopic (exact) mass is 265 g/mol. The van der Waals surface area contributed by atoms with Crippen LogP contribution in [0.2, 0.25) is 0 Å². The Bertz CT molecular complexity index is 454. The van der Waals surface area contributed by atoms with Gasteiger partial charge in [0.05, 0.1) is 18.4 Å². The van der Waals surface area contributed by atoms with E-state index in [2.05, 4.69) is 10.2 Å². The molecule has 2 aliphatic heterocycles. The van der Waals surface area contributed by atoms with Crippen LogP contribution in [0.25, 0.3) is 0 Å². The molecule has 0 aliphatic carbocycles. The second kappa shape index (κ2) is 5.35. The van der Waals surface area contributed by atoms with Crippen molar-refractivity contribution >= 4 is 11.4 Å². The molecule has 1 aromatic rings. The Balaban J connectivity index is 1.54. The number of nitrogens with two attached hydrogens (primary N) is 1. The summed E-state index contributed by atoms with van der Waals surface area (Å²) in [5.74, 6) is -0.310. The molecule has 2 unspecified atom stereocenters. The Kier molecular flexibility index (Phi) is 3.57. The fourth-order valence-electron chi connectivity index (χ4n) is 2.91. The average Bonchev–Trinajstić information content (AvgIpc) is 2.85. The number of nitrogens with one attached hydrogen (secondary N) is 1. The van der Waals surface area contributed by atoms with Gasteiger partial charge in [0, 0.05) is 24.8 Å². The van der Waals surface area contributed by atoms with Crippen molar-refractivity contribution < 1.29 is 9.13 Å². The molecule has 104 valence electrons. The number of rotatable bonds is 3. The Hall–Kier alpha value is -1.33. The first-order chi connectivity index (χ1) is 9.22. The van der Waals surface area contributed by atoms with E-state index < -0.39 is 0 Å². The molecule has 3 N–H and O–H groups in total. The molecule has 0 amide bonds. The van der Waals surface area contributed by atoms with Crippen molar-refractivity contribution in [1.29, 1.82) is 0 Å². The zero-order valence-electron chi connectivity index (χ0n) is 10.9. The van der Waals surface area contributed by atoms with Gasteiger partial charge in [-0.05, 0) is 37.6 Å². The predicted octanol–water partition coefficient (Wildman–Crippen LogP) is 1.68. The van der Waals surface area contributed by atoms with Gasteiger partial charge in [0.2, 0.25) is 0 Å². The Labute approximate surface area is 112 Å². The van der Waals surface area contributed by atoms with E-state index in [-0.39, 0.29) is 11.9 Å². The smallest absolute Gasteiger partial charge is 0.148 e. The standard InChI is InChI=1S/C14H20FN3O/c15-13-6-10(16)3-4-14(13)17-7-12-8-18-5-1-2-11(18)9-19-12/h3-4,6,11-12,17H,1-2,5,7-9,16H2. The molecule has 2 saturated heterocycles. The molecule has 4 nitrogen and oxygen atoms in total. The normalized spacial score (nSPS) is 27.2. The zero-order valence-corrected chi connectivity index (χ0v) is 10.9. The fourth-order valence-corrected chi connectivity index (χ4v) is 2.91. The fraction of sp³-hybridized carbons (Fsp3) is 0.571. The van der Waals surface area contributed by atoms with Crippen LogP contribution in [-0.4, -0.2) is 43.3 Å². The summed E-state index contributed by atoms with van der Waals surface area (Å²) in [6, 6.07) is 5.31. The Morgan fingerprint density at radius 1 is 1.47 bits per heavy atom. The summed E-state index contributed by atoms with van der Waals surface area (Å²) in [7, 11) is 0. The maximum Gasteiger partial charge on any atom is 0.148 e. The van der Waals surface area contributed by atoms with Crippen LogP contribution >= 0.6 is 0 Å². The number of hydrogen-bond acceptors (Lipinski definition) is 4. The van der Waals surface area contributed by atoms with Crippen LogP contribution < -0.4 is 11.1 Å². The van der Waals surface area contributed by atoms with Crippen LogP contribution in [0.4, 0.5) is 15.8 Å². The minimum Gasteiger partial charge on any atom is -0.399 e. The summed E-state index contributed by atoms with van der Waals surface area (Å²) < 4.78 is 19.5. The number of anilines is 2. The molecule has 2 fully saturated rings. The molecule has 0 aromatic heterocycles. The second-order valence-electron chi connectivity index (χ2n) is 5.37. The van der Waals surface area contributed by atoms with Crippen molar-refractivity contribution in [2.75, 3.05) is 37.3 Å². The van der Waals surface area contributed by atoms with E-state index in [4.69, 9.17) is 10.5 Å². The number of benzene rings is 1. The topological polar surface area (TPSA) is 50.5 Å². The molecule has 0 radical (unpaired) electrons. The lowest BCUT2D eigenvalue weighted by molar-refractivity contribution is -0.0415. The Morgan fingerprint density at radius 2 is 2.37 bits per heavy atom. The van der Waals surface area contributed by atoms with Gasteiger partial charge in [-0.3, -0.25) is 4.90 Å². The number of nitrogens with zero attached hydrogens (tertiary/aromatic N) is 1. The largest absolute Gasteiger partial charge is 0.399 e.